The van der Waals surface area contributed by atoms with Crippen LogP contribution in [0.4, 0.5) is 10.5 Å². The molecule has 1 aliphatic rings. The molecule has 1 aromatic carbocycles. The second-order valence-corrected chi connectivity index (χ2v) is 3.76. The Balaban J connectivity index is 1.97. The molecule has 3 rings (SSSR count). The fraction of sp³-hybridized carbons (Fsp3) is 0.182. The van der Waals surface area contributed by atoms with Gasteiger partial charge in [-0.05, 0) is 12.1 Å². The smallest absolute Gasteiger partial charge is 0.328 e. The molecule has 17 heavy (non-hydrogen) atoms. The van der Waals surface area contributed by atoms with Crippen LogP contribution in [0, 0.1) is 0 Å². The number of carbonyl (C=O) groups is 2. The van der Waals surface area contributed by atoms with Crippen LogP contribution in [0.3, 0.4) is 0 Å². The predicted octanol–water partition coefficient (Wildman–Crippen LogP) is 1.27. The molecule has 0 bridgehead atoms. The SMILES string of the molecule is O=C1CCN(c2ccc3ncoc3c2)C(=O)N1. The molecule has 0 unspecified atom stereocenters. The minimum Gasteiger partial charge on any atom is -0.443 e. The molecule has 86 valence electrons. The van der Waals surface area contributed by atoms with Crippen LogP contribution < -0.4 is 10.2 Å². The monoisotopic (exact) mass is 231 g/mol. The third kappa shape index (κ3) is 1.63. The summed E-state index contributed by atoms with van der Waals surface area (Å²) in [6, 6.07) is 4.88. The van der Waals surface area contributed by atoms with Crippen molar-refractivity contribution in [2.45, 2.75) is 6.42 Å². The first kappa shape index (κ1) is 9.83. The van der Waals surface area contributed by atoms with Gasteiger partial charge < -0.3 is 4.42 Å². The largest absolute Gasteiger partial charge is 0.443 e. The van der Waals surface area contributed by atoms with Crippen molar-refractivity contribution in [3.05, 3.63) is 24.6 Å². The number of carbonyl (C=O) groups excluding carboxylic acids is 2. The minimum absolute atomic E-state index is 0.244. The molecular formula is C11H9N3O3. The van der Waals surface area contributed by atoms with Crippen LogP contribution in [0.1, 0.15) is 6.42 Å². The number of hydrogen-bond donors (Lipinski definition) is 1. The summed E-state index contributed by atoms with van der Waals surface area (Å²) >= 11 is 0. The average Bonchev–Trinajstić information content (AvgIpc) is 2.75. The lowest BCUT2D eigenvalue weighted by molar-refractivity contribution is -0.120. The van der Waals surface area contributed by atoms with Gasteiger partial charge >= 0.3 is 6.03 Å². The Hall–Kier alpha value is -2.37. The van der Waals surface area contributed by atoms with E-state index in [1.54, 1.807) is 18.2 Å². The van der Waals surface area contributed by atoms with Crippen molar-refractivity contribution in [3.8, 4) is 0 Å². The number of nitrogens with one attached hydrogen (secondary N) is 1. The molecule has 1 fully saturated rings. The van der Waals surface area contributed by atoms with Crippen molar-refractivity contribution in [1.82, 2.24) is 10.3 Å². The highest BCUT2D eigenvalue weighted by molar-refractivity contribution is 6.06. The van der Waals surface area contributed by atoms with Gasteiger partial charge in [0.1, 0.15) is 5.52 Å². The summed E-state index contributed by atoms with van der Waals surface area (Å²) in [5.41, 5.74) is 2.05. The maximum Gasteiger partial charge on any atom is 0.328 e. The highest BCUT2D eigenvalue weighted by Crippen LogP contribution is 2.22. The van der Waals surface area contributed by atoms with Gasteiger partial charge in [0.25, 0.3) is 0 Å². The van der Waals surface area contributed by atoms with Gasteiger partial charge in [0.2, 0.25) is 5.91 Å². The van der Waals surface area contributed by atoms with Crippen LogP contribution >= 0.6 is 0 Å². The predicted molar refractivity (Wildman–Crippen MR) is 59.5 cm³/mol. The zero-order valence-corrected chi connectivity index (χ0v) is 8.84. The molecule has 1 aromatic heterocycles. The molecule has 6 heteroatoms. The Morgan fingerprint density at radius 3 is 3.06 bits per heavy atom. The van der Waals surface area contributed by atoms with Gasteiger partial charge in [-0.25, -0.2) is 9.78 Å². The number of benzene rings is 1. The highest BCUT2D eigenvalue weighted by atomic mass is 16.3. The van der Waals surface area contributed by atoms with Crippen molar-refractivity contribution in [3.63, 3.8) is 0 Å². The van der Waals surface area contributed by atoms with Crippen molar-refractivity contribution in [1.29, 1.82) is 0 Å². The summed E-state index contributed by atoms with van der Waals surface area (Å²) in [7, 11) is 0. The Bertz CT molecular complexity index is 605. The number of nitrogens with zero attached hydrogens (tertiary/aromatic N) is 2. The molecule has 2 heterocycles. The molecule has 0 aliphatic carbocycles. The van der Waals surface area contributed by atoms with E-state index >= 15 is 0 Å². The molecule has 0 radical (unpaired) electrons. The van der Waals surface area contributed by atoms with E-state index in [0.29, 0.717) is 24.2 Å². The molecule has 1 N–H and O–H groups in total. The normalized spacial score (nSPS) is 16.4. The molecule has 6 nitrogen and oxygen atoms in total. The number of hydrogen-bond acceptors (Lipinski definition) is 4. The lowest BCUT2D eigenvalue weighted by Gasteiger charge is -2.26. The molecule has 0 spiro atoms. The van der Waals surface area contributed by atoms with Crippen molar-refractivity contribution in [2.75, 3.05) is 11.4 Å². The first-order valence-corrected chi connectivity index (χ1v) is 5.18. The van der Waals surface area contributed by atoms with E-state index in [2.05, 4.69) is 10.3 Å². The van der Waals surface area contributed by atoms with E-state index in [1.165, 1.54) is 11.3 Å². The summed E-state index contributed by atoms with van der Waals surface area (Å²) in [5, 5.41) is 2.27. The van der Waals surface area contributed by atoms with E-state index < -0.39 is 6.03 Å². The Morgan fingerprint density at radius 1 is 1.35 bits per heavy atom. The van der Waals surface area contributed by atoms with Crippen molar-refractivity contribution >= 4 is 28.7 Å². The lowest BCUT2D eigenvalue weighted by atomic mass is 10.2. The number of amides is 3. The maximum atomic E-state index is 11.6. The zero-order valence-electron chi connectivity index (χ0n) is 8.84. The number of oxazole rings is 1. The van der Waals surface area contributed by atoms with Gasteiger partial charge in [-0.3, -0.25) is 15.0 Å². The number of urea groups is 1. The first-order chi connectivity index (χ1) is 8.24. The average molecular weight is 231 g/mol. The molecule has 3 amide bonds. The molecule has 1 aliphatic heterocycles. The third-order valence-electron chi connectivity index (χ3n) is 2.68. The summed E-state index contributed by atoms with van der Waals surface area (Å²) in [6.07, 6.45) is 1.66. The topological polar surface area (TPSA) is 75.4 Å². The Kier molecular flexibility index (Phi) is 2.07. The Labute approximate surface area is 96.2 Å². The highest BCUT2D eigenvalue weighted by Gasteiger charge is 2.24. The molecule has 0 saturated carbocycles. The van der Waals surface area contributed by atoms with Crippen molar-refractivity contribution in [2.24, 2.45) is 0 Å². The van der Waals surface area contributed by atoms with Gasteiger partial charge in [-0.1, -0.05) is 0 Å². The van der Waals surface area contributed by atoms with Gasteiger partial charge in [-0.2, -0.15) is 0 Å². The zero-order chi connectivity index (χ0) is 11.8. The lowest BCUT2D eigenvalue weighted by Crippen LogP contribution is -2.49. The number of aromatic nitrogens is 1. The number of fused-ring (bicyclic) bond motifs is 1. The molecule has 0 atom stereocenters. The summed E-state index contributed by atoms with van der Waals surface area (Å²) < 4.78 is 5.17. The van der Waals surface area contributed by atoms with E-state index in [-0.39, 0.29) is 5.91 Å². The van der Waals surface area contributed by atoms with E-state index in [0.717, 1.165) is 5.52 Å². The van der Waals surface area contributed by atoms with Crippen LogP contribution in [-0.4, -0.2) is 23.5 Å². The van der Waals surface area contributed by atoms with Gasteiger partial charge in [0.05, 0.1) is 0 Å². The fourth-order valence-electron chi connectivity index (χ4n) is 1.82. The van der Waals surface area contributed by atoms with Gasteiger partial charge in [0.15, 0.2) is 12.0 Å². The van der Waals surface area contributed by atoms with E-state index in [9.17, 15) is 9.59 Å². The summed E-state index contributed by atoms with van der Waals surface area (Å²) in [4.78, 5) is 28.2. The molecular weight excluding hydrogens is 222 g/mol. The van der Waals surface area contributed by atoms with E-state index in [1.807, 2.05) is 0 Å². The minimum atomic E-state index is -0.403. The molecule has 1 saturated heterocycles. The number of anilines is 1. The summed E-state index contributed by atoms with van der Waals surface area (Å²) in [5.74, 6) is -0.244. The van der Waals surface area contributed by atoms with Gasteiger partial charge in [-0.15, -0.1) is 0 Å². The third-order valence-corrected chi connectivity index (χ3v) is 2.68. The summed E-state index contributed by atoms with van der Waals surface area (Å²) in [6.45, 7) is 0.379. The maximum absolute atomic E-state index is 11.6. The van der Waals surface area contributed by atoms with Crippen LogP contribution in [0.5, 0.6) is 0 Å². The second-order valence-electron chi connectivity index (χ2n) is 3.76. The fourth-order valence-corrected chi connectivity index (χ4v) is 1.82. The quantitative estimate of drug-likeness (QED) is 0.802. The molecule has 2 aromatic rings. The Morgan fingerprint density at radius 2 is 2.24 bits per heavy atom. The van der Waals surface area contributed by atoms with Crippen molar-refractivity contribution < 1.29 is 14.0 Å². The first-order valence-electron chi connectivity index (χ1n) is 5.18. The second kappa shape index (κ2) is 3.58. The van der Waals surface area contributed by atoms with Crippen LogP contribution in [0.15, 0.2) is 29.0 Å². The van der Waals surface area contributed by atoms with Crippen LogP contribution in [-0.2, 0) is 4.79 Å². The van der Waals surface area contributed by atoms with Gasteiger partial charge in [0, 0.05) is 24.7 Å². The van der Waals surface area contributed by atoms with Crippen LogP contribution in [0.2, 0.25) is 0 Å². The number of rotatable bonds is 1. The van der Waals surface area contributed by atoms with E-state index in [4.69, 9.17) is 4.42 Å². The van der Waals surface area contributed by atoms with Crippen LogP contribution in [0.25, 0.3) is 11.1 Å². The number of imide groups is 1. The standard InChI is InChI=1S/C11H9N3O3/c15-10-3-4-14(11(16)13-10)7-1-2-8-9(5-7)17-6-12-8/h1-2,5-6H,3-4H2,(H,13,15,16).